The average molecular weight is 306 g/mol. The van der Waals surface area contributed by atoms with Crippen molar-refractivity contribution >= 4 is 37.1 Å². The van der Waals surface area contributed by atoms with Gasteiger partial charge in [0.2, 0.25) is 0 Å². The lowest BCUT2D eigenvalue weighted by molar-refractivity contribution is 0.587. The minimum absolute atomic E-state index is 0.182. The second-order valence-corrected chi connectivity index (χ2v) is 6.86. The monoisotopic (exact) mass is 305 g/mol. The van der Waals surface area contributed by atoms with Crippen molar-refractivity contribution in [3.63, 3.8) is 0 Å². The summed E-state index contributed by atoms with van der Waals surface area (Å²) in [4.78, 5) is 5.93. The van der Waals surface area contributed by atoms with Crippen molar-refractivity contribution in [3.8, 4) is 0 Å². The predicted molar refractivity (Wildman–Crippen MR) is 67.2 cm³/mol. The first-order valence-electron chi connectivity index (χ1n) is 4.84. The lowest BCUT2D eigenvalue weighted by Crippen LogP contribution is -2.40. The first-order valence-corrected chi connectivity index (χ1v) is 7.45. The van der Waals surface area contributed by atoms with Gasteiger partial charge in [-0.2, -0.15) is 0 Å². The second-order valence-electron chi connectivity index (χ2n) is 3.70. The van der Waals surface area contributed by atoms with Gasteiger partial charge in [0, 0.05) is 19.3 Å². The fraction of sp³-hybridized carbons (Fsp3) is 0.444. The van der Waals surface area contributed by atoms with E-state index in [4.69, 9.17) is 5.73 Å². The number of aromatic nitrogens is 1. The Morgan fingerprint density at radius 2 is 1.94 bits per heavy atom. The number of anilines is 2. The van der Waals surface area contributed by atoms with Gasteiger partial charge in [0.05, 0.1) is 33.6 Å². The summed E-state index contributed by atoms with van der Waals surface area (Å²) in [5.41, 5.74) is 7.24. The zero-order valence-corrected chi connectivity index (χ0v) is 11.0. The second kappa shape index (κ2) is 4.21. The Labute approximate surface area is 103 Å². The van der Waals surface area contributed by atoms with Crippen LogP contribution in [0.1, 0.15) is 0 Å². The van der Waals surface area contributed by atoms with Crippen LogP contribution in [-0.2, 0) is 9.84 Å². The molecule has 2 heterocycles. The smallest absolute Gasteiger partial charge is 0.153 e. The highest BCUT2D eigenvalue weighted by molar-refractivity contribution is 9.10. The molecule has 0 aromatic carbocycles. The normalized spacial score (nSPS) is 19.7. The highest BCUT2D eigenvalue weighted by Crippen LogP contribution is 2.31. The van der Waals surface area contributed by atoms with E-state index in [2.05, 4.69) is 20.9 Å². The summed E-state index contributed by atoms with van der Waals surface area (Å²) in [5.74, 6) is 0.363. The van der Waals surface area contributed by atoms with Crippen LogP contribution in [0.2, 0.25) is 0 Å². The van der Waals surface area contributed by atoms with E-state index in [1.54, 1.807) is 12.4 Å². The molecule has 1 saturated heterocycles. The molecule has 1 fully saturated rings. The molecule has 1 aliphatic heterocycles. The summed E-state index contributed by atoms with van der Waals surface area (Å²) in [6, 6.07) is 0. The molecule has 0 radical (unpaired) electrons. The number of nitrogens with two attached hydrogens (primary N) is 1. The molecule has 0 saturated carbocycles. The molecule has 0 unspecified atom stereocenters. The van der Waals surface area contributed by atoms with Crippen molar-refractivity contribution in [3.05, 3.63) is 16.9 Å². The van der Waals surface area contributed by atoms with Crippen LogP contribution in [0.3, 0.4) is 0 Å². The average Bonchev–Trinajstić information content (AvgIpc) is 2.20. The van der Waals surface area contributed by atoms with E-state index in [9.17, 15) is 8.42 Å². The Balaban J connectivity index is 2.27. The Kier molecular flexibility index (Phi) is 3.07. The minimum atomic E-state index is -2.86. The van der Waals surface area contributed by atoms with Crippen LogP contribution in [0.4, 0.5) is 11.4 Å². The number of nitrogens with zero attached hydrogens (tertiary/aromatic N) is 2. The van der Waals surface area contributed by atoms with E-state index in [1.807, 2.05) is 4.90 Å². The molecule has 16 heavy (non-hydrogen) atoms. The zero-order chi connectivity index (χ0) is 11.8. The number of hydrogen-bond donors (Lipinski definition) is 1. The Hall–Kier alpha value is -0.820. The van der Waals surface area contributed by atoms with Crippen molar-refractivity contribution in [2.75, 3.05) is 35.2 Å². The van der Waals surface area contributed by atoms with Gasteiger partial charge in [0.25, 0.3) is 0 Å². The van der Waals surface area contributed by atoms with Crippen LogP contribution >= 0.6 is 15.9 Å². The van der Waals surface area contributed by atoms with Gasteiger partial charge in [0.1, 0.15) is 0 Å². The molecule has 2 N–H and O–H groups in total. The van der Waals surface area contributed by atoms with E-state index < -0.39 is 9.84 Å². The number of pyridine rings is 1. The van der Waals surface area contributed by atoms with Crippen LogP contribution in [0.25, 0.3) is 0 Å². The van der Waals surface area contributed by atoms with E-state index in [0.29, 0.717) is 18.8 Å². The Morgan fingerprint density at radius 1 is 1.31 bits per heavy atom. The van der Waals surface area contributed by atoms with Gasteiger partial charge in [-0.25, -0.2) is 8.42 Å². The summed E-state index contributed by atoms with van der Waals surface area (Å²) in [7, 11) is -2.86. The molecule has 1 aromatic rings. The highest BCUT2D eigenvalue weighted by atomic mass is 79.9. The van der Waals surface area contributed by atoms with E-state index in [1.165, 1.54) is 0 Å². The molecule has 2 rings (SSSR count). The molecule has 1 aromatic heterocycles. The summed E-state index contributed by atoms with van der Waals surface area (Å²) < 4.78 is 23.4. The Morgan fingerprint density at radius 3 is 2.50 bits per heavy atom. The van der Waals surface area contributed by atoms with Crippen LogP contribution in [0, 0.1) is 0 Å². The van der Waals surface area contributed by atoms with Gasteiger partial charge in [-0.15, -0.1) is 0 Å². The highest BCUT2D eigenvalue weighted by Gasteiger charge is 2.24. The molecule has 0 spiro atoms. The first-order chi connectivity index (χ1) is 7.49. The molecular weight excluding hydrogens is 294 g/mol. The lowest BCUT2D eigenvalue weighted by atomic mass is 10.3. The molecule has 7 heteroatoms. The molecule has 0 bridgehead atoms. The van der Waals surface area contributed by atoms with Crippen LogP contribution in [-0.4, -0.2) is 38.0 Å². The maximum Gasteiger partial charge on any atom is 0.153 e. The number of halogens is 1. The van der Waals surface area contributed by atoms with Crippen molar-refractivity contribution in [2.45, 2.75) is 0 Å². The largest absolute Gasteiger partial charge is 0.396 e. The van der Waals surface area contributed by atoms with Crippen molar-refractivity contribution in [1.82, 2.24) is 4.98 Å². The van der Waals surface area contributed by atoms with E-state index in [0.717, 1.165) is 10.2 Å². The molecule has 1 aliphatic rings. The standard InChI is InChI=1S/C9H12BrN3O2S/c10-7-5-12-6-8(11)9(7)13-1-3-16(14,15)4-2-13/h5-6H,1-4,11H2. The molecular formula is C9H12BrN3O2S. The summed E-state index contributed by atoms with van der Waals surface area (Å²) in [6.45, 7) is 0.963. The van der Waals surface area contributed by atoms with Crippen molar-refractivity contribution < 1.29 is 8.42 Å². The van der Waals surface area contributed by atoms with Crippen LogP contribution in [0.15, 0.2) is 16.9 Å². The summed E-state index contributed by atoms with van der Waals surface area (Å²) in [5, 5.41) is 0. The summed E-state index contributed by atoms with van der Waals surface area (Å²) >= 11 is 3.38. The quantitative estimate of drug-likeness (QED) is 0.825. The third-order valence-electron chi connectivity index (χ3n) is 2.56. The van der Waals surface area contributed by atoms with Gasteiger partial charge < -0.3 is 10.6 Å². The third-order valence-corrected chi connectivity index (χ3v) is 4.75. The van der Waals surface area contributed by atoms with Crippen molar-refractivity contribution in [2.24, 2.45) is 0 Å². The molecule has 88 valence electrons. The third kappa shape index (κ3) is 2.30. The van der Waals surface area contributed by atoms with Crippen molar-refractivity contribution in [1.29, 1.82) is 0 Å². The van der Waals surface area contributed by atoms with E-state index >= 15 is 0 Å². The molecule has 0 aliphatic carbocycles. The zero-order valence-electron chi connectivity index (χ0n) is 8.56. The van der Waals surface area contributed by atoms with Gasteiger partial charge in [0.15, 0.2) is 9.84 Å². The first kappa shape index (κ1) is 11.7. The number of hydrogen-bond acceptors (Lipinski definition) is 5. The lowest BCUT2D eigenvalue weighted by Gasteiger charge is -2.30. The van der Waals surface area contributed by atoms with Crippen LogP contribution < -0.4 is 10.6 Å². The summed E-state index contributed by atoms with van der Waals surface area (Å²) in [6.07, 6.45) is 3.23. The minimum Gasteiger partial charge on any atom is -0.396 e. The topological polar surface area (TPSA) is 76.3 Å². The van der Waals surface area contributed by atoms with Crippen LogP contribution in [0.5, 0.6) is 0 Å². The predicted octanol–water partition coefficient (Wildman–Crippen LogP) is 0.661. The van der Waals surface area contributed by atoms with Gasteiger partial charge in [-0.3, -0.25) is 4.98 Å². The molecule has 0 atom stereocenters. The number of sulfone groups is 1. The Bertz CT molecular complexity index is 469. The van der Waals surface area contributed by atoms with E-state index in [-0.39, 0.29) is 11.5 Å². The number of rotatable bonds is 1. The number of nitrogen functional groups attached to an aromatic ring is 1. The molecule has 5 nitrogen and oxygen atoms in total. The van der Waals surface area contributed by atoms with Gasteiger partial charge in [-0.05, 0) is 15.9 Å². The van der Waals surface area contributed by atoms with Gasteiger partial charge in [-0.1, -0.05) is 0 Å². The molecule has 0 amide bonds. The maximum absolute atomic E-state index is 11.3. The fourth-order valence-corrected chi connectivity index (χ4v) is 3.51. The SMILES string of the molecule is Nc1cncc(Br)c1N1CCS(=O)(=O)CC1. The fourth-order valence-electron chi connectivity index (χ4n) is 1.71. The van der Waals surface area contributed by atoms with Gasteiger partial charge >= 0.3 is 0 Å². The maximum atomic E-state index is 11.3.